The van der Waals surface area contributed by atoms with Gasteiger partial charge in [-0.3, -0.25) is 40.5 Å². The van der Waals surface area contributed by atoms with Gasteiger partial charge in [0.1, 0.15) is 9.79 Å². The number of hydrogen-bond acceptors (Lipinski definition) is 14. The molecule has 2 aromatic carbocycles. The van der Waals surface area contributed by atoms with Crippen LogP contribution >= 0.6 is 21.6 Å². The SMILES string of the molecule is COC(=O)c1cc([N+](=O)[O-])cc([N+](=O)[O-])c1SSc1c(C(=O)OC)cc([N+](=O)[O-])cc1[N+](=O)[O-]. The van der Waals surface area contributed by atoms with Gasteiger partial charge in [-0.25, -0.2) is 9.59 Å². The van der Waals surface area contributed by atoms with Crippen molar-refractivity contribution in [2.24, 2.45) is 0 Å². The van der Waals surface area contributed by atoms with Gasteiger partial charge >= 0.3 is 11.9 Å². The van der Waals surface area contributed by atoms with Gasteiger partial charge in [-0.1, -0.05) is 0 Å². The van der Waals surface area contributed by atoms with E-state index in [-0.39, 0.29) is 0 Å². The highest BCUT2D eigenvalue weighted by atomic mass is 33.1. The predicted molar refractivity (Wildman–Crippen MR) is 114 cm³/mol. The maximum Gasteiger partial charge on any atom is 0.339 e. The molecule has 178 valence electrons. The summed E-state index contributed by atoms with van der Waals surface area (Å²) in [5.74, 6) is -2.36. The summed E-state index contributed by atoms with van der Waals surface area (Å²) >= 11 is 0. The van der Waals surface area contributed by atoms with Crippen molar-refractivity contribution >= 4 is 56.3 Å². The second kappa shape index (κ2) is 10.5. The number of hydrogen-bond donors (Lipinski definition) is 0. The van der Waals surface area contributed by atoms with E-state index < -0.39 is 75.3 Å². The first-order valence-electron chi connectivity index (χ1n) is 8.37. The van der Waals surface area contributed by atoms with E-state index in [9.17, 15) is 50.0 Å². The Morgan fingerprint density at radius 2 is 0.971 bits per heavy atom. The van der Waals surface area contributed by atoms with Crippen molar-refractivity contribution in [2.75, 3.05) is 14.2 Å². The molecular formula is C16H10N4O12S2. The Kier molecular flexibility index (Phi) is 8.03. The normalized spacial score (nSPS) is 10.3. The third kappa shape index (κ3) is 5.35. The molecule has 0 aromatic heterocycles. The van der Waals surface area contributed by atoms with Crippen LogP contribution < -0.4 is 0 Å². The van der Waals surface area contributed by atoms with Gasteiger partial charge in [-0.15, -0.1) is 0 Å². The smallest absolute Gasteiger partial charge is 0.339 e. The highest BCUT2D eigenvalue weighted by Gasteiger charge is 2.32. The molecule has 0 aliphatic carbocycles. The Morgan fingerprint density at radius 3 is 1.21 bits per heavy atom. The molecule has 0 aliphatic rings. The predicted octanol–water partition coefficient (Wildman–Crippen LogP) is 3.69. The molecule has 0 atom stereocenters. The summed E-state index contributed by atoms with van der Waals surface area (Å²) in [6.07, 6.45) is 0. The minimum absolute atomic E-state index is 0.377. The number of methoxy groups -OCH3 is 2. The average molecular weight is 514 g/mol. The summed E-state index contributed by atoms with van der Waals surface area (Å²) < 4.78 is 9.04. The Bertz CT molecular complexity index is 1150. The van der Waals surface area contributed by atoms with E-state index in [0.717, 1.165) is 14.2 Å². The summed E-state index contributed by atoms with van der Waals surface area (Å²) in [5.41, 5.74) is -4.56. The summed E-state index contributed by atoms with van der Waals surface area (Å²) in [5, 5.41) is 45.3. The van der Waals surface area contributed by atoms with Crippen molar-refractivity contribution in [3.63, 3.8) is 0 Å². The molecule has 0 saturated carbocycles. The number of nitro benzene ring substituents is 4. The first kappa shape index (κ1) is 25.9. The van der Waals surface area contributed by atoms with Crippen LogP contribution in [0.5, 0.6) is 0 Å². The van der Waals surface area contributed by atoms with Gasteiger partial charge in [0, 0.05) is 12.1 Å². The second-order valence-electron chi connectivity index (χ2n) is 5.86. The third-order valence-corrected chi connectivity index (χ3v) is 6.47. The Hall–Kier alpha value is -4.32. The molecule has 0 amide bonds. The first-order valence-corrected chi connectivity index (χ1v) is 10.5. The fourth-order valence-corrected chi connectivity index (χ4v) is 5.08. The van der Waals surface area contributed by atoms with Crippen molar-refractivity contribution in [1.82, 2.24) is 0 Å². The number of nitro groups is 4. The van der Waals surface area contributed by atoms with E-state index in [4.69, 9.17) is 0 Å². The number of rotatable bonds is 9. The van der Waals surface area contributed by atoms with Crippen LogP contribution in [0.15, 0.2) is 34.1 Å². The highest BCUT2D eigenvalue weighted by molar-refractivity contribution is 8.76. The van der Waals surface area contributed by atoms with Gasteiger partial charge in [0.15, 0.2) is 0 Å². The van der Waals surface area contributed by atoms with Gasteiger partial charge in [-0.05, 0) is 21.6 Å². The third-order valence-electron chi connectivity index (χ3n) is 3.94. The minimum atomic E-state index is -1.18. The standard InChI is InChI=1S/C16H10N4O12S2/c1-31-15(21)9-3-7(17(23)24)5-11(19(27)28)13(9)33-34-14-10(16(22)32-2)4-8(18(25)26)6-12(14)20(29)30/h3-6H,1-2H3. The molecule has 16 nitrogen and oxygen atoms in total. The second-order valence-corrected chi connectivity index (χ2v) is 8.01. The van der Waals surface area contributed by atoms with Gasteiger partial charge in [0.2, 0.25) is 0 Å². The fourth-order valence-electron chi connectivity index (χ4n) is 2.46. The molecule has 0 fully saturated rings. The summed E-state index contributed by atoms with van der Waals surface area (Å²) in [4.78, 5) is 64.7. The highest BCUT2D eigenvalue weighted by Crippen LogP contribution is 2.49. The monoisotopic (exact) mass is 514 g/mol. The van der Waals surface area contributed by atoms with Gasteiger partial charge in [-0.2, -0.15) is 0 Å². The lowest BCUT2D eigenvalue weighted by atomic mass is 10.1. The molecule has 0 bridgehead atoms. The molecule has 2 rings (SSSR count). The molecule has 0 aliphatic heterocycles. The molecule has 2 aromatic rings. The van der Waals surface area contributed by atoms with Crippen LogP contribution in [-0.4, -0.2) is 45.9 Å². The van der Waals surface area contributed by atoms with Crippen molar-refractivity contribution in [1.29, 1.82) is 0 Å². The quantitative estimate of drug-likeness (QED) is 0.201. The molecule has 0 heterocycles. The maximum atomic E-state index is 12.2. The molecule has 0 radical (unpaired) electrons. The number of non-ortho nitro benzene ring substituents is 2. The van der Waals surface area contributed by atoms with Crippen LogP contribution in [0.25, 0.3) is 0 Å². The molecule has 18 heteroatoms. The molecule has 0 saturated heterocycles. The van der Waals surface area contributed by atoms with Crippen LogP contribution in [0.4, 0.5) is 22.7 Å². The van der Waals surface area contributed by atoms with Gasteiger partial charge < -0.3 is 9.47 Å². The average Bonchev–Trinajstić information content (AvgIpc) is 2.80. The van der Waals surface area contributed by atoms with Crippen molar-refractivity contribution in [3.8, 4) is 0 Å². The topological polar surface area (TPSA) is 225 Å². The number of carbonyl (C=O) groups excluding carboxylic acids is 2. The largest absolute Gasteiger partial charge is 0.465 e. The molecule has 0 unspecified atom stereocenters. The number of ether oxygens (including phenoxy) is 2. The first-order chi connectivity index (χ1) is 15.9. The number of benzene rings is 2. The fraction of sp³-hybridized carbons (Fsp3) is 0.125. The minimum Gasteiger partial charge on any atom is -0.465 e. The zero-order valence-electron chi connectivity index (χ0n) is 16.8. The number of esters is 2. The van der Waals surface area contributed by atoms with Crippen LogP contribution in [0.1, 0.15) is 20.7 Å². The zero-order chi connectivity index (χ0) is 25.7. The van der Waals surface area contributed by atoms with E-state index in [1.807, 2.05) is 0 Å². The van der Waals surface area contributed by atoms with Crippen molar-refractivity contribution in [3.05, 3.63) is 75.8 Å². The zero-order valence-corrected chi connectivity index (χ0v) is 18.4. The molecule has 0 spiro atoms. The molecule has 0 N–H and O–H groups in total. The Labute approximate surface area is 195 Å². The van der Waals surface area contributed by atoms with E-state index in [0.29, 0.717) is 45.9 Å². The Morgan fingerprint density at radius 1 is 0.647 bits per heavy atom. The van der Waals surface area contributed by atoms with E-state index in [1.165, 1.54) is 0 Å². The van der Waals surface area contributed by atoms with Crippen LogP contribution in [0, 0.1) is 40.5 Å². The van der Waals surface area contributed by atoms with E-state index in [1.54, 1.807) is 0 Å². The molecule has 34 heavy (non-hydrogen) atoms. The number of nitrogens with zero attached hydrogens (tertiary/aromatic N) is 4. The van der Waals surface area contributed by atoms with Crippen LogP contribution in [0.3, 0.4) is 0 Å². The summed E-state index contributed by atoms with van der Waals surface area (Å²) in [6.45, 7) is 0. The Balaban J connectivity index is 2.75. The van der Waals surface area contributed by atoms with E-state index in [2.05, 4.69) is 9.47 Å². The lowest BCUT2D eigenvalue weighted by Crippen LogP contribution is -2.08. The lowest BCUT2D eigenvalue weighted by Gasteiger charge is -2.10. The summed E-state index contributed by atoms with van der Waals surface area (Å²) in [7, 11) is 2.60. The van der Waals surface area contributed by atoms with Gasteiger partial charge in [0.25, 0.3) is 22.7 Å². The number of carbonyl (C=O) groups is 2. The maximum absolute atomic E-state index is 12.2. The lowest BCUT2D eigenvalue weighted by molar-refractivity contribution is -0.396. The molecular weight excluding hydrogens is 504 g/mol. The van der Waals surface area contributed by atoms with Crippen molar-refractivity contribution < 1.29 is 38.8 Å². The van der Waals surface area contributed by atoms with Crippen molar-refractivity contribution in [2.45, 2.75) is 9.79 Å². The van der Waals surface area contributed by atoms with Gasteiger partial charge in [0.05, 0.1) is 57.2 Å². The van der Waals surface area contributed by atoms with E-state index >= 15 is 0 Å². The summed E-state index contributed by atoms with van der Waals surface area (Å²) in [6, 6.07) is 2.57. The van der Waals surface area contributed by atoms with Crippen LogP contribution in [0.2, 0.25) is 0 Å². The van der Waals surface area contributed by atoms with Crippen LogP contribution in [-0.2, 0) is 9.47 Å².